The standard InChI is InChI=1S/C15H27N3O/c1-11(2)13(16)10-14-17-15(18-19-14)12-8-6-4-3-5-7-9-12/h11-13H,3-10,16H2,1-2H3. The van der Waals surface area contributed by atoms with Crippen LogP contribution < -0.4 is 5.73 Å². The molecule has 0 radical (unpaired) electrons. The van der Waals surface area contributed by atoms with Gasteiger partial charge in [-0.25, -0.2) is 0 Å². The minimum absolute atomic E-state index is 0.102. The van der Waals surface area contributed by atoms with E-state index in [0.29, 0.717) is 24.1 Å². The summed E-state index contributed by atoms with van der Waals surface area (Å²) in [4.78, 5) is 4.57. The van der Waals surface area contributed by atoms with Gasteiger partial charge in [-0.15, -0.1) is 0 Å². The number of nitrogens with two attached hydrogens (primary N) is 1. The van der Waals surface area contributed by atoms with Crippen molar-refractivity contribution in [3.8, 4) is 0 Å². The third-order valence-corrected chi connectivity index (χ3v) is 4.22. The molecule has 1 aliphatic rings. The summed E-state index contributed by atoms with van der Waals surface area (Å²) in [5.74, 6) is 2.55. The summed E-state index contributed by atoms with van der Waals surface area (Å²) in [5.41, 5.74) is 6.05. The van der Waals surface area contributed by atoms with Crippen LogP contribution in [-0.2, 0) is 6.42 Å². The Labute approximate surface area is 116 Å². The molecule has 1 heterocycles. The van der Waals surface area contributed by atoms with Crippen LogP contribution in [0.4, 0.5) is 0 Å². The first-order valence-electron chi connectivity index (χ1n) is 7.75. The maximum absolute atomic E-state index is 6.05. The van der Waals surface area contributed by atoms with Crippen LogP contribution in [0.25, 0.3) is 0 Å². The maximum Gasteiger partial charge on any atom is 0.228 e. The van der Waals surface area contributed by atoms with E-state index in [-0.39, 0.29) is 6.04 Å². The average Bonchev–Trinajstić information content (AvgIpc) is 2.76. The Bertz CT molecular complexity index is 367. The molecule has 4 nitrogen and oxygen atoms in total. The summed E-state index contributed by atoms with van der Waals surface area (Å²) < 4.78 is 5.37. The van der Waals surface area contributed by atoms with Crippen LogP contribution in [0.3, 0.4) is 0 Å². The monoisotopic (exact) mass is 265 g/mol. The Morgan fingerprint density at radius 2 is 1.79 bits per heavy atom. The highest BCUT2D eigenvalue weighted by Gasteiger charge is 2.20. The lowest BCUT2D eigenvalue weighted by molar-refractivity contribution is 0.343. The molecule has 1 fully saturated rings. The highest BCUT2D eigenvalue weighted by Crippen LogP contribution is 2.29. The zero-order valence-corrected chi connectivity index (χ0v) is 12.3. The van der Waals surface area contributed by atoms with Crippen molar-refractivity contribution in [3.05, 3.63) is 11.7 Å². The van der Waals surface area contributed by atoms with Gasteiger partial charge in [-0.1, -0.05) is 51.1 Å². The highest BCUT2D eigenvalue weighted by atomic mass is 16.5. The first-order chi connectivity index (χ1) is 9.16. The summed E-state index contributed by atoms with van der Waals surface area (Å²) in [6.45, 7) is 4.24. The van der Waals surface area contributed by atoms with Gasteiger partial charge in [0, 0.05) is 18.4 Å². The zero-order chi connectivity index (χ0) is 13.7. The number of nitrogens with zero attached hydrogens (tertiary/aromatic N) is 2. The normalized spacial score (nSPS) is 20.2. The van der Waals surface area contributed by atoms with Gasteiger partial charge >= 0.3 is 0 Å². The van der Waals surface area contributed by atoms with E-state index >= 15 is 0 Å². The van der Waals surface area contributed by atoms with E-state index in [0.717, 1.165) is 5.82 Å². The highest BCUT2D eigenvalue weighted by molar-refractivity contribution is 4.97. The fourth-order valence-corrected chi connectivity index (χ4v) is 2.67. The molecule has 2 rings (SSSR count). The van der Waals surface area contributed by atoms with E-state index in [1.165, 1.54) is 44.9 Å². The summed E-state index contributed by atoms with van der Waals surface area (Å²) in [5, 5.41) is 4.18. The Morgan fingerprint density at radius 1 is 1.16 bits per heavy atom. The molecule has 1 unspecified atom stereocenters. The summed E-state index contributed by atoms with van der Waals surface area (Å²) in [6, 6.07) is 0.102. The van der Waals surface area contributed by atoms with Crippen molar-refractivity contribution in [2.24, 2.45) is 11.7 Å². The first kappa shape index (κ1) is 14.5. The fourth-order valence-electron chi connectivity index (χ4n) is 2.67. The van der Waals surface area contributed by atoms with Crippen molar-refractivity contribution >= 4 is 0 Å². The van der Waals surface area contributed by atoms with E-state index in [1.54, 1.807) is 0 Å². The van der Waals surface area contributed by atoms with Crippen molar-refractivity contribution in [1.29, 1.82) is 0 Å². The Kier molecular flexibility index (Phi) is 5.37. The molecule has 1 aliphatic carbocycles. The smallest absolute Gasteiger partial charge is 0.228 e. The van der Waals surface area contributed by atoms with Gasteiger partial charge in [0.15, 0.2) is 5.82 Å². The zero-order valence-electron chi connectivity index (χ0n) is 12.3. The number of aromatic nitrogens is 2. The Morgan fingerprint density at radius 3 is 2.42 bits per heavy atom. The molecule has 0 aromatic carbocycles. The summed E-state index contributed by atoms with van der Waals surface area (Å²) in [6.07, 6.45) is 9.76. The molecule has 1 aromatic rings. The molecule has 2 N–H and O–H groups in total. The van der Waals surface area contributed by atoms with Gasteiger partial charge in [0.25, 0.3) is 0 Å². The van der Waals surface area contributed by atoms with Crippen molar-refractivity contribution < 1.29 is 4.52 Å². The number of hydrogen-bond donors (Lipinski definition) is 1. The molecule has 0 bridgehead atoms. The fraction of sp³-hybridized carbons (Fsp3) is 0.867. The molecule has 0 spiro atoms. The molecule has 4 heteroatoms. The van der Waals surface area contributed by atoms with Gasteiger partial charge in [-0.05, 0) is 18.8 Å². The van der Waals surface area contributed by atoms with Gasteiger partial charge in [-0.2, -0.15) is 4.98 Å². The Balaban J connectivity index is 1.95. The van der Waals surface area contributed by atoms with Crippen LogP contribution >= 0.6 is 0 Å². The average molecular weight is 265 g/mol. The van der Waals surface area contributed by atoms with Gasteiger partial charge in [0.1, 0.15) is 0 Å². The minimum Gasteiger partial charge on any atom is -0.339 e. The lowest BCUT2D eigenvalue weighted by Crippen LogP contribution is -2.28. The van der Waals surface area contributed by atoms with E-state index in [1.807, 2.05) is 0 Å². The SMILES string of the molecule is CC(C)C(N)Cc1nc(C2CCCCCCC2)no1. The lowest BCUT2D eigenvalue weighted by atomic mass is 9.91. The van der Waals surface area contributed by atoms with Crippen LogP contribution in [-0.4, -0.2) is 16.2 Å². The third kappa shape index (κ3) is 4.30. The van der Waals surface area contributed by atoms with Gasteiger partial charge in [0.2, 0.25) is 5.89 Å². The van der Waals surface area contributed by atoms with E-state index in [9.17, 15) is 0 Å². The van der Waals surface area contributed by atoms with Crippen LogP contribution in [0.1, 0.15) is 76.4 Å². The summed E-state index contributed by atoms with van der Waals surface area (Å²) in [7, 11) is 0. The van der Waals surface area contributed by atoms with Crippen molar-refractivity contribution in [2.75, 3.05) is 0 Å². The van der Waals surface area contributed by atoms with Gasteiger partial charge in [0.05, 0.1) is 0 Å². The van der Waals surface area contributed by atoms with Crippen LogP contribution in [0, 0.1) is 5.92 Å². The molecule has 1 saturated carbocycles. The largest absolute Gasteiger partial charge is 0.339 e. The van der Waals surface area contributed by atoms with Crippen LogP contribution in [0.2, 0.25) is 0 Å². The molecule has 108 valence electrons. The van der Waals surface area contributed by atoms with Gasteiger partial charge in [-0.3, -0.25) is 0 Å². The topological polar surface area (TPSA) is 64.9 Å². The Hall–Kier alpha value is -0.900. The van der Waals surface area contributed by atoms with E-state index < -0.39 is 0 Å². The van der Waals surface area contributed by atoms with E-state index in [4.69, 9.17) is 10.3 Å². The molecule has 0 aliphatic heterocycles. The second-order valence-electron chi connectivity index (χ2n) is 6.20. The molecule has 1 atom stereocenters. The second kappa shape index (κ2) is 7.04. The quantitative estimate of drug-likeness (QED) is 0.906. The van der Waals surface area contributed by atoms with Crippen LogP contribution in [0.5, 0.6) is 0 Å². The third-order valence-electron chi connectivity index (χ3n) is 4.22. The van der Waals surface area contributed by atoms with Crippen molar-refractivity contribution in [1.82, 2.24) is 10.1 Å². The molecular weight excluding hydrogens is 238 g/mol. The molecule has 0 saturated heterocycles. The first-order valence-corrected chi connectivity index (χ1v) is 7.75. The number of rotatable bonds is 4. The number of hydrogen-bond acceptors (Lipinski definition) is 4. The maximum atomic E-state index is 6.05. The second-order valence-corrected chi connectivity index (χ2v) is 6.20. The molecule has 0 amide bonds. The van der Waals surface area contributed by atoms with Crippen molar-refractivity contribution in [2.45, 2.75) is 77.2 Å². The van der Waals surface area contributed by atoms with Crippen molar-refractivity contribution in [3.63, 3.8) is 0 Å². The summed E-state index contributed by atoms with van der Waals surface area (Å²) >= 11 is 0. The lowest BCUT2D eigenvalue weighted by Gasteiger charge is -2.16. The molecular formula is C15H27N3O. The van der Waals surface area contributed by atoms with E-state index in [2.05, 4.69) is 24.0 Å². The molecule has 19 heavy (non-hydrogen) atoms. The van der Waals surface area contributed by atoms with Crippen LogP contribution in [0.15, 0.2) is 4.52 Å². The van der Waals surface area contributed by atoms with Gasteiger partial charge < -0.3 is 10.3 Å². The molecule has 1 aromatic heterocycles. The minimum atomic E-state index is 0.102. The predicted octanol–water partition coefficient (Wildman–Crippen LogP) is 3.42. The predicted molar refractivity (Wildman–Crippen MR) is 75.9 cm³/mol.